The second-order valence-corrected chi connectivity index (χ2v) is 6.05. The number of nitrogens with zero attached hydrogens (tertiary/aromatic N) is 1. The molecular weight excluding hydrogens is 232 g/mol. The van der Waals surface area contributed by atoms with Gasteiger partial charge in [0.2, 0.25) is 0 Å². The summed E-state index contributed by atoms with van der Waals surface area (Å²) in [5.74, 6) is 0.763. The Hall–Kier alpha value is -0.860. The van der Waals surface area contributed by atoms with E-state index in [4.69, 9.17) is 0 Å². The minimum atomic E-state index is 0.681. The molecule has 2 unspecified atom stereocenters. The van der Waals surface area contributed by atoms with E-state index in [0.717, 1.165) is 25.6 Å². The van der Waals surface area contributed by atoms with Crippen molar-refractivity contribution in [1.29, 1.82) is 0 Å². The van der Waals surface area contributed by atoms with Crippen LogP contribution in [-0.2, 0) is 6.54 Å². The van der Waals surface area contributed by atoms with Crippen molar-refractivity contribution in [2.45, 2.75) is 46.7 Å². The van der Waals surface area contributed by atoms with Crippen LogP contribution in [0.2, 0.25) is 0 Å². The van der Waals surface area contributed by atoms with E-state index in [1.54, 1.807) is 0 Å². The fourth-order valence-electron chi connectivity index (χ4n) is 2.93. The summed E-state index contributed by atoms with van der Waals surface area (Å²) in [4.78, 5) is 2.66. The Balaban J connectivity index is 2.08. The zero-order chi connectivity index (χ0) is 13.8. The van der Waals surface area contributed by atoms with Crippen molar-refractivity contribution in [3.05, 3.63) is 34.9 Å². The number of nitrogens with one attached hydrogen (secondary N) is 1. The quantitative estimate of drug-likeness (QED) is 0.895. The van der Waals surface area contributed by atoms with Crippen LogP contribution in [0.1, 0.15) is 37.0 Å². The van der Waals surface area contributed by atoms with Gasteiger partial charge in [-0.1, -0.05) is 38.5 Å². The molecule has 19 heavy (non-hydrogen) atoms. The Kier molecular flexibility index (Phi) is 5.00. The minimum absolute atomic E-state index is 0.681. The molecule has 1 aromatic carbocycles. The minimum Gasteiger partial charge on any atom is -0.314 e. The molecule has 2 nitrogen and oxygen atoms in total. The lowest BCUT2D eigenvalue weighted by atomic mass is 9.95. The van der Waals surface area contributed by atoms with Crippen LogP contribution in [0.5, 0.6) is 0 Å². The van der Waals surface area contributed by atoms with Gasteiger partial charge in [0.25, 0.3) is 0 Å². The first-order chi connectivity index (χ1) is 9.11. The maximum atomic E-state index is 3.54. The van der Waals surface area contributed by atoms with Crippen molar-refractivity contribution >= 4 is 0 Å². The Morgan fingerprint density at radius 2 is 2.11 bits per heavy atom. The van der Waals surface area contributed by atoms with Crippen molar-refractivity contribution in [3.8, 4) is 0 Å². The smallest absolute Gasteiger partial charge is 0.0250 e. The summed E-state index contributed by atoms with van der Waals surface area (Å²) in [5, 5.41) is 3.54. The number of piperazine rings is 1. The largest absolute Gasteiger partial charge is 0.314 e. The van der Waals surface area contributed by atoms with Crippen LogP contribution >= 0.6 is 0 Å². The average molecular weight is 260 g/mol. The van der Waals surface area contributed by atoms with Crippen LogP contribution < -0.4 is 5.32 Å². The van der Waals surface area contributed by atoms with E-state index in [9.17, 15) is 0 Å². The van der Waals surface area contributed by atoms with Crippen molar-refractivity contribution in [3.63, 3.8) is 0 Å². The van der Waals surface area contributed by atoms with Gasteiger partial charge in [-0.15, -0.1) is 0 Å². The van der Waals surface area contributed by atoms with Crippen LogP contribution in [0.3, 0.4) is 0 Å². The predicted octanol–water partition coefficient (Wildman–Crippen LogP) is 3.12. The molecule has 1 fully saturated rings. The van der Waals surface area contributed by atoms with Crippen molar-refractivity contribution in [1.82, 2.24) is 10.2 Å². The van der Waals surface area contributed by atoms with Gasteiger partial charge < -0.3 is 5.32 Å². The van der Waals surface area contributed by atoms with Gasteiger partial charge >= 0.3 is 0 Å². The van der Waals surface area contributed by atoms with E-state index in [1.165, 1.54) is 29.7 Å². The first-order valence-corrected chi connectivity index (χ1v) is 7.62. The number of rotatable bonds is 4. The fourth-order valence-corrected chi connectivity index (χ4v) is 2.93. The Labute approximate surface area is 118 Å². The SMILES string of the molecule is CCC(C)C1CNCCN1Cc1ccc(C)c(C)c1. The monoisotopic (exact) mass is 260 g/mol. The van der Waals surface area contributed by atoms with Crippen LogP contribution in [0, 0.1) is 19.8 Å². The highest BCUT2D eigenvalue weighted by Crippen LogP contribution is 2.20. The molecule has 106 valence electrons. The average Bonchev–Trinajstić information content (AvgIpc) is 2.43. The summed E-state index contributed by atoms with van der Waals surface area (Å²) in [6.45, 7) is 13.6. The standard InChI is InChI=1S/C17H28N2/c1-5-13(2)17-11-18-8-9-19(17)12-16-7-6-14(3)15(4)10-16/h6-7,10,13,17-18H,5,8-9,11-12H2,1-4H3. The fraction of sp³-hybridized carbons (Fsp3) is 0.647. The van der Waals surface area contributed by atoms with Gasteiger partial charge in [0.05, 0.1) is 0 Å². The molecule has 1 heterocycles. The zero-order valence-corrected chi connectivity index (χ0v) is 12.9. The molecular formula is C17H28N2. The molecule has 1 saturated heterocycles. The zero-order valence-electron chi connectivity index (χ0n) is 12.9. The molecule has 0 saturated carbocycles. The van der Waals surface area contributed by atoms with E-state index in [0.29, 0.717) is 6.04 Å². The highest BCUT2D eigenvalue weighted by molar-refractivity contribution is 5.29. The van der Waals surface area contributed by atoms with Gasteiger partial charge in [-0.3, -0.25) is 4.90 Å². The summed E-state index contributed by atoms with van der Waals surface area (Å²) >= 11 is 0. The molecule has 1 N–H and O–H groups in total. The summed E-state index contributed by atoms with van der Waals surface area (Å²) in [5.41, 5.74) is 4.26. The second-order valence-electron chi connectivity index (χ2n) is 6.05. The van der Waals surface area contributed by atoms with Crippen LogP contribution in [0.15, 0.2) is 18.2 Å². The lowest BCUT2D eigenvalue weighted by Crippen LogP contribution is -2.53. The maximum Gasteiger partial charge on any atom is 0.0250 e. The number of benzene rings is 1. The Morgan fingerprint density at radius 3 is 2.79 bits per heavy atom. The predicted molar refractivity (Wildman–Crippen MR) is 82.4 cm³/mol. The van der Waals surface area contributed by atoms with Crippen LogP contribution in [0.25, 0.3) is 0 Å². The van der Waals surface area contributed by atoms with E-state index >= 15 is 0 Å². The van der Waals surface area contributed by atoms with E-state index in [2.05, 4.69) is 56.1 Å². The summed E-state index contributed by atoms with van der Waals surface area (Å²) in [6.07, 6.45) is 1.26. The Morgan fingerprint density at radius 1 is 1.32 bits per heavy atom. The second kappa shape index (κ2) is 6.53. The van der Waals surface area contributed by atoms with Gasteiger partial charge in [0.15, 0.2) is 0 Å². The third kappa shape index (κ3) is 3.58. The number of hydrogen-bond donors (Lipinski definition) is 1. The van der Waals surface area contributed by atoms with Crippen molar-refractivity contribution < 1.29 is 0 Å². The first-order valence-electron chi connectivity index (χ1n) is 7.62. The maximum absolute atomic E-state index is 3.54. The lowest BCUT2D eigenvalue weighted by molar-refractivity contribution is 0.109. The third-order valence-corrected chi connectivity index (χ3v) is 4.66. The molecule has 1 aliphatic rings. The lowest BCUT2D eigenvalue weighted by Gasteiger charge is -2.39. The molecule has 1 aromatic rings. The van der Waals surface area contributed by atoms with E-state index < -0.39 is 0 Å². The third-order valence-electron chi connectivity index (χ3n) is 4.66. The summed E-state index contributed by atoms with van der Waals surface area (Å²) in [7, 11) is 0. The molecule has 0 aliphatic carbocycles. The van der Waals surface area contributed by atoms with Gasteiger partial charge in [0, 0.05) is 32.2 Å². The molecule has 0 radical (unpaired) electrons. The van der Waals surface area contributed by atoms with Gasteiger partial charge in [-0.05, 0) is 36.5 Å². The molecule has 2 heteroatoms. The van der Waals surface area contributed by atoms with Gasteiger partial charge in [0.1, 0.15) is 0 Å². The first kappa shape index (κ1) is 14.5. The molecule has 2 atom stereocenters. The molecule has 2 rings (SSSR count). The Bertz CT molecular complexity index is 414. The van der Waals surface area contributed by atoms with E-state index in [-0.39, 0.29) is 0 Å². The van der Waals surface area contributed by atoms with Crippen molar-refractivity contribution in [2.75, 3.05) is 19.6 Å². The molecule has 0 aromatic heterocycles. The summed E-state index contributed by atoms with van der Waals surface area (Å²) in [6, 6.07) is 7.58. The van der Waals surface area contributed by atoms with Gasteiger partial charge in [-0.25, -0.2) is 0 Å². The highest BCUT2D eigenvalue weighted by atomic mass is 15.2. The molecule has 1 aliphatic heterocycles. The highest BCUT2D eigenvalue weighted by Gasteiger charge is 2.26. The van der Waals surface area contributed by atoms with Crippen LogP contribution in [0.4, 0.5) is 0 Å². The topological polar surface area (TPSA) is 15.3 Å². The number of hydrogen-bond acceptors (Lipinski definition) is 2. The van der Waals surface area contributed by atoms with Crippen LogP contribution in [-0.4, -0.2) is 30.6 Å². The molecule has 0 amide bonds. The normalized spacial score (nSPS) is 22.4. The molecule has 0 bridgehead atoms. The van der Waals surface area contributed by atoms with Crippen molar-refractivity contribution in [2.24, 2.45) is 5.92 Å². The number of aryl methyl sites for hydroxylation is 2. The van der Waals surface area contributed by atoms with Gasteiger partial charge in [-0.2, -0.15) is 0 Å². The summed E-state index contributed by atoms with van der Waals surface area (Å²) < 4.78 is 0. The molecule has 0 spiro atoms. The van der Waals surface area contributed by atoms with E-state index in [1.807, 2.05) is 0 Å².